The molecule has 1 aromatic carbocycles. The van der Waals surface area contributed by atoms with Crippen LogP contribution in [-0.2, 0) is 0 Å². The van der Waals surface area contributed by atoms with Gasteiger partial charge in [0.05, 0.1) is 16.3 Å². The van der Waals surface area contributed by atoms with Crippen molar-refractivity contribution in [3.63, 3.8) is 0 Å². The van der Waals surface area contributed by atoms with Crippen molar-refractivity contribution in [3.8, 4) is 5.69 Å². The zero-order valence-corrected chi connectivity index (χ0v) is 17.3. The predicted octanol–water partition coefficient (Wildman–Crippen LogP) is 4.08. The second-order valence-corrected chi connectivity index (χ2v) is 8.09. The molecule has 8 heteroatoms. The van der Waals surface area contributed by atoms with Gasteiger partial charge in [-0.1, -0.05) is 0 Å². The van der Waals surface area contributed by atoms with Gasteiger partial charge in [0.2, 0.25) is 0 Å². The van der Waals surface area contributed by atoms with E-state index in [0.717, 1.165) is 41.1 Å². The average molecular weight is 423 g/mol. The van der Waals surface area contributed by atoms with Crippen LogP contribution in [0.4, 0.5) is 4.39 Å². The van der Waals surface area contributed by atoms with Crippen LogP contribution < -0.4 is 10.6 Å². The summed E-state index contributed by atoms with van der Waals surface area (Å²) >= 11 is 1.42. The fourth-order valence-electron chi connectivity index (χ4n) is 3.56. The second kappa shape index (κ2) is 9.03. The lowest BCUT2D eigenvalue weighted by Crippen LogP contribution is -2.33. The zero-order valence-electron chi connectivity index (χ0n) is 15.7. The molecular weight excluding hydrogens is 399 g/mol. The molecule has 0 spiro atoms. The van der Waals surface area contributed by atoms with Crippen LogP contribution in [-0.4, -0.2) is 35.3 Å². The number of aromatic nitrogens is 2. The van der Waals surface area contributed by atoms with Gasteiger partial charge in [-0.2, -0.15) is 5.10 Å². The van der Waals surface area contributed by atoms with E-state index in [1.807, 2.05) is 13.0 Å². The Morgan fingerprint density at radius 3 is 2.89 bits per heavy atom. The van der Waals surface area contributed by atoms with Crippen LogP contribution in [0.25, 0.3) is 15.9 Å². The lowest BCUT2D eigenvalue weighted by atomic mass is 9.96. The highest BCUT2D eigenvalue weighted by atomic mass is 35.5. The Morgan fingerprint density at radius 1 is 1.39 bits per heavy atom. The summed E-state index contributed by atoms with van der Waals surface area (Å²) in [7, 11) is 0. The van der Waals surface area contributed by atoms with E-state index in [4.69, 9.17) is 0 Å². The van der Waals surface area contributed by atoms with Crippen LogP contribution in [0.15, 0.2) is 30.3 Å². The monoisotopic (exact) mass is 422 g/mol. The Hall–Kier alpha value is -1.96. The molecule has 28 heavy (non-hydrogen) atoms. The highest BCUT2D eigenvalue weighted by molar-refractivity contribution is 7.20. The lowest BCUT2D eigenvalue weighted by Gasteiger charge is -2.22. The van der Waals surface area contributed by atoms with Gasteiger partial charge in [-0.25, -0.2) is 9.07 Å². The number of hydrogen-bond acceptors (Lipinski definition) is 4. The van der Waals surface area contributed by atoms with E-state index in [9.17, 15) is 9.18 Å². The normalized spacial score (nSPS) is 16.7. The second-order valence-electron chi connectivity index (χ2n) is 7.06. The van der Waals surface area contributed by atoms with Crippen LogP contribution >= 0.6 is 23.7 Å². The van der Waals surface area contributed by atoms with Gasteiger partial charge in [0.25, 0.3) is 5.91 Å². The number of benzene rings is 1. The van der Waals surface area contributed by atoms with Crippen molar-refractivity contribution in [3.05, 3.63) is 46.7 Å². The number of nitrogens with zero attached hydrogens (tertiary/aromatic N) is 2. The molecule has 0 bridgehead atoms. The van der Waals surface area contributed by atoms with Gasteiger partial charge >= 0.3 is 0 Å². The van der Waals surface area contributed by atoms with Crippen molar-refractivity contribution in [2.75, 3.05) is 19.6 Å². The summed E-state index contributed by atoms with van der Waals surface area (Å²) in [5.41, 5.74) is 1.64. The number of carbonyl (C=O) groups excluding carboxylic acids is 1. The van der Waals surface area contributed by atoms with Gasteiger partial charge in [0.15, 0.2) is 0 Å². The zero-order chi connectivity index (χ0) is 18.8. The molecule has 2 N–H and O–H groups in total. The topological polar surface area (TPSA) is 59.0 Å². The van der Waals surface area contributed by atoms with E-state index in [0.29, 0.717) is 17.3 Å². The molecule has 1 unspecified atom stereocenters. The standard InChI is InChI=1S/C20H23FN4OS.ClH/c1-13-17-11-18(19(26)23-10-8-14-3-2-9-22-12-14)27-20(17)25(24-13)16-6-4-15(21)5-7-16;/h4-7,11,14,22H,2-3,8-10,12H2,1H3,(H,23,26);1H. The minimum absolute atomic E-state index is 0. The van der Waals surface area contributed by atoms with Crippen LogP contribution in [0, 0.1) is 18.7 Å². The smallest absolute Gasteiger partial charge is 0.261 e. The molecule has 4 rings (SSSR count). The van der Waals surface area contributed by atoms with Gasteiger partial charge in [0.1, 0.15) is 10.6 Å². The number of carbonyl (C=O) groups is 1. The molecule has 0 aliphatic carbocycles. The molecule has 1 fully saturated rings. The minimum atomic E-state index is -0.279. The molecule has 150 valence electrons. The molecule has 3 aromatic rings. The number of hydrogen-bond donors (Lipinski definition) is 2. The molecule has 1 atom stereocenters. The predicted molar refractivity (Wildman–Crippen MR) is 113 cm³/mol. The third-order valence-corrected chi connectivity index (χ3v) is 6.19. The van der Waals surface area contributed by atoms with Crippen molar-refractivity contribution in [2.45, 2.75) is 26.2 Å². The SMILES string of the molecule is Cc1nn(-c2ccc(F)cc2)c2sc(C(=O)NCCC3CCCNC3)cc12.Cl. The van der Waals surface area contributed by atoms with Gasteiger partial charge in [-0.3, -0.25) is 4.79 Å². The number of fused-ring (bicyclic) bond motifs is 1. The maximum atomic E-state index is 13.2. The van der Waals surface area contributed by atoms with Crippen LogP contribution in [0.2, 0.25) is 0 Å². The third-order valence-electron chi connectivity index (χ3n) is 5.08. The number of nitrogens with one attached hydrogen (secondary N) is 2. The maximum absolute atomic E-state index is 13.2. The number of piperidine rings is 1. The van der Waals surface area contributed by atoms with E-state index < -0.39 is 0 Å². The highest BCUT2D eigenvalue weighted by Crippen LogP contribution is 2.30. The van der Waals surface area contributed by atoms with E-state index in [-0.39, 0.29) is 24.1 Å². The summed E-state index contributed by atoms with van der Waals surface area (Å²) in [6.45, 7) is 4.77. The Bertz CT molecular complexity index is 947. The first-order valence-electron chi connectivity index (χ1n) is 9.36. The fraction of sp³-hybridized carbons (Fsp3) is 0.400. The van der Waals surface area contributed by atoms with Crippen molar-refractivity contribution < 1.29 is 9.18 Å². The molecule has 0 saturated carbocycles. The van der Waals surface area contributed by atoms with Crippen LogP contribution in [0.1, 0.15) is 34.6 Å². The number of aryl methyl sites for hydroxylation is 1. The molecular formula is C20H24ClFN4OS. The van der Waals surface area contributed by atoms with Gasteiger partial charge in [0, 0.05) is 11.9 Å². The number of halogens is 2. The van der Waals surface area contributed by atoms with Crippen molar-refractivity contribution >= 4 is 39.9 Å². The Morgan fingerprint density at radius 2 is 2.18 bits per heavy atom. The summed E-state index contributed by atoms with van der Waals surface area (Å²) in [6, 6.07) is 8.12. The van der Waals surface area contributed by atoms with E-state index >= 15 is 0 Å². The summed E-state index contributed by atoms with van der Waals surface area (Å²) in [4.78, 5) is 14.1. The van der Waals surface area contributed by atoms with Crippen LogP contribution in [0.5, 0.6) is 0 Å². The van der Waals surface area contributed by atoms with Gasteiger partial charge in [-0.05, 0) is 75.5 Å². The first-order chi connectivity index (χ1) is 13.1. The van der Waals surface area contributed by atoms with E-state index in [2.05, 4.69) is 15.7 Å². The molecule has 1 aliphatic rings. The fourth-order valence-corrected chi connectivity index (χ4v) is 4.66. The lowest BCUT2D eigenvalue weighted by molar-refractivity contribution is 0.0955. The summed E-state index contributed by atoms with van der Waals surface area (Å²) in [5, 5.41) is 12.0. The quantitative estimate of drug-likeness (QED) is 0.651. The van der Waals surface area contributed by atoms with Crippen molar-refractivity contribution in [1.82, 2.24) is 20.4 Å². The number of rotatable bonds is 5. The molecule has 1 saturated heterocycles. The molecule has 1 aliphatic heterocycles. The average Bonchev–Trinajstić information content (AvgIpc) is 3.24. The Labute approximate surface area is 173 Å². The number of amides is 1. The van der Waals surface area contributed by atoms with Gasteiger partial charge < -0.3 is 10.6 Å². The van der Waals surface area contributed by atoms with Crippen molar-refractivity contribution in [2.24, 2.45) is 5.92 Å². The Balaban J connectivity index is 0.00000225. The molecule has 3 heterocycles. The minimum Gasteiger partial charge on any atom is -0.351 e. The Kier molecular flexibility index (Phi) is 6.69. The summed E-state index contributed by atoms with van der Waals surface area (Å²) in [6.07, 6.45) is 3.46. The van der Waals surface area contributed by atoms with E-state index in [1.165, 1.54) is 36.3 Å². The third kappa shape index (κ3) is 4.37. The molecule has 1 amide bonds. The summed E-state index contributed by atoms with van der Waals surface area (Å²) < 4.78 is 15.0. The maximum Gasteiger partial charge on any atom is 0.261 e. The summed E-state index contributed by atoms with van der Waals surface area (Å²) in [5.74, 6) is 0.332. The molecule has 0 radical (unpaired) electrons. The van der Waals surface area contributed by atoms with Gasteiger partial charge in [-0.15, -0.1) is 23.7 Å². The van der Waals surface area contributed by atoms with Crippen LogP contribution in [0.3, 0.4) is 0 Å². The first-order valence-corrected chi connectivity index (χ1v) is 10.2. The van der Waals surface area contributed by atoms with E-state index in [1.54, 1.807) is 16.8 Å². The highest BCUT2D eigenvalue weighted by Gasteiger charge is 2.18. The number of thiophene rings is 1. The largest absolute Gasteiger partial charge is 0.351 e. The first kappa shape index (κ1) is 20.8. The molecule has 2 aromatic heterocycles. The van der Waals surface area contributed by atoms with Crippen molar-refractivity contribution in [1.29, 1.82) is 0 Å². The molecule has 5 nitrogen and oxygen atoms in total.